The summed E-state index contributed by atoms with van der Waals surface area (Å²) in [5.74, 6) is -0.232. The molecule has 4 rings (SSSR count). The quantitative estimate of drug-likeness (QED) is 0.798. The minimum atomic E-state index is -0.474. The van der Waals surface area contributed by atoms with E-state index in [1.165, 1.54) is 6.07 Å². The number of carbonyl (C=O) groups excluding carboxylic acids is 1. The van der Waals surface area contributed by atoms with Gasteiger partial charge in [-0.15, -0.1) is 0 Å². The van der Waals surface area contributed by atoms with Crippen molar-refractivity contribution in [2.45, 2.75) is 32.1 Å². The van der Waals surface area contributed by atoms with Crippen LogP contribution >= 0.6 is 15.9 Å². The van der Waals surface area contributed by atoms with E-state index < -0.39 is 5.92 Å². The molecular weight excluding hydrogens is 363 g/mol. The van der Waals surface area contributed by atoms with Crippen LogP contribution in [-0.4, -0.2) is 10.9 Å². The van der Waals surface area contributed by atoms with Crippen molar-refractivity contribution < 1.29 is 13.7 Å². The lowest BCUT2D eigenvalue weighted by Gasteiger charge is -2.31. The van der Waals surface area contributed by atoms with E-state index in [1.54, 1.807) is 12.1 Å². The van der Waals surface area contributed by atoms with Crippen LogP contribution in [0, 0.1) is 12.7 Å². The van der Waals surface area contributed by atoms with E-state index in [9.17, 15) is 9.18 Å². The highest BCUT2D eigenvalue weighted by molar-refractivity contribution is 9.10. The number of fused-ring (bicyclic) bond motifs is 1. The Kier molecular flexibility index (Phi) is 3.37. The molecule has 2 aromatic rings. The van der Waals surface area contributed by atoms with Gasteiger partial charge in [0.05, 0.1) is 11.3 Å². The number of carbonyl (C=O) groups is 1. The first-order chi connectivity index (χ1) is 11.1. The number of rotatable bonds is 1. The van der Waals surface area contributed by atoms with Gasteiger partial charge in [0, 0.05) is 33.6 Å². The lowest BCUT2D eigenvalue weighted by Crippen LogP contribution is -2.27. The van der Waals surface area contributed by atoms with Crippen molar-refractivity contribution in [2.75, 3.05) is 5.32 Å². The standard InChI is InChI=1S/C17H14BrFN2O2/c1-8-14-15(10-7-9(18)5-6-11(10)19)16-12(3-2-4-13(16)22)20-17(14)23-21-8/h5-7,15,20H,2-4H2,1H3. The summed E-state index contributed by atoms with van der Waals surface area (Å²) in [5, 5.41) is 7.18. The summed E-state index contributed by atoms with van der Waals surface area (Å²) in [7, 11) is 0. The van der Waals surface area contributed by atoms with Crippen molar-refractivity contribution in [1.29, 1.82) is 0 Å². The van der Waals surface area contributed by atoms with Crippen LogP contribution in [0.5, 0.6) is 0 Å². The highest BCUT2D eigenvalue weighted by Crippen LogP contribution is 2.47. The normalized spacial score (nSPS) is 20.1. The molecule has 0 saturated heterocycles. The summed E-state index contributed by atoms with van der Waals surface area (Å²) in [6.45, 7) is 1.81. The average Bonchev–Trinajstić information content (AvgIpc) is 2.89. The molecular formula is C17H14BrFN2O2. The van der Waals surface area contributed by atoms with Gasteiger partial charge >= 0.3 is 0 Å². The lowest BCUT2D eigenvalue weighted by molar-refractivity contribution is -0.116. The van der Waals surface area contributed by atoms with Gasteiger partial charge < -0.3 is 9.84 Å². The Morgan fingerprint density at radius 3 is 3.04 bits per heavy atom. The Hall–Kier alpha value is -1.95. The molecule has 23 heavy (non-hydrogen) atoms. The maximum atomic E-state index is 14.5. The van der Waals surface area contributed by atoms with E-state index in [4.69, 9.17) is 4.52 Å². The van der Waals surface area contributed by atoms with Gasteiger partial charge in [-0.25, -0.2) is 4.39 Å². The predicted molar refractivity (Wildman–Crippen MR) is 86.7 cm³/mol. The van der Waals surface area contributed by atoms with Crippen molar-refractivity contribution in [3.8, 4) is 0 Å². The minimum Gasteiger partial charge on any atom is -0.338 e. The molecule has 1 atom stereocenters. The number of Topliss-reactive ketones (excluding diaryl/α,β-unsaturated/α-hetero) is 1. The maximum absolute atomic E-state index is 14.5. The van der Waals surface area contributed by atoms with Gasteiger partial charge in [-0.2, -0.15) is 0 Å². The van der Waals surface area contributed by atoms with E-state index in [2.05, 4.69) is 26.4 Å². The van der Waals surface area contributed by atoms with Crippen LogP contribution in [0.2, 0.25) is 0 Å². The number of ketones is 1. The summed E-state index contributed by atoms with van der Waals surface area (Å²) in [5.41, 5.74) is 3.36. The molecule has 0 spiro atoms. The van der Waals surface area contributed by atoms with Gasteiger partial charge in [0.1, 0.15) is 5.82 Å². The van der Waals surface area contributed by atoms with Crippen LogP contribution in [0.1, 0.15) is 42.0 Å². The molecule has 0 saturated carbocycles. The van der Waals surface area contributed by atoms with Gasteiger partial charge in [0.2, 0.25) is 5.88 Å². The zero-order chi connectivity index (χ0) is 16.1. The SMILES string of the molecule is Cc1noc2c1C(c1cc(Br)ccc1F)C1=C(CCCC1=O)N2. The Labute approximate surface area is 140 Å². The number of nitrogens with zero attached hydrogens (tertiary/aromatic N) is 1. The van der Waals surface area contributed by atoms with Gasteiger partial charge in [0.15, 0.2) is 5.78 Å². The Morgan fingerprint density at radius 2 is 2.22 bits per heavy atom. The van der Waals surface area contributed by atoms with E-state index in [0.717, 1.165) is 28.6 Å². The van der Waals surface area contributed by atoms with Crippen LogP contribution in [0.15, 0.2) is 38.5 Å². The van der Waals surface area contributed by atoms with Gasteiger partial charge in [-0.3, -0.25) is 4.79 Å². The molecule has 2 heterocycles. The topological polar surface area (TPSA) is 55.1 Å². The fraction of sp³-hybridized carbons (Fsp3) is 0.294. The fourth-order valence-corrected chi connectivity index (χ4v) is 3.84. The molecule has 1 N–H and O–H groups in total. The Morgan fingerprint density at radius 1 is 1.39 bits per heavy atom. The van der Waals surface area contributed by atoms with E-state index >= 15 is 0 Å². The predicted octanol–water partition coefficient (Wildman–Crippen LogP) is 4.45. The largest absolute Gasteiger partial charge is 0.338 e. The molecule has 4 nitrogen and oxygen atoms in total. The first-order valence-electron chi connectivity index (χ1n) is 7.50. The van der Waals surface area contributed by atoms with Crippen molar-refractivity contribution in [3.63, 3.8) is 0 Å². The third kappa shape index (κ3) is 2.24. The van der Waals surface area contributed by atoms with E-state index in [-0.39, 0.29) is 11.6 Å². The first-order valence-corrected chi connectivity index (χ1v) is 8.30. The number of nitrogens with one attached hydrogen (secondary N) is 1. The highest BCUT2D eigenvalue weighted by Gasteiger charge is 2.39. The highest BCUT2D eigenvalue weighted by atomic mass is 79.9. The van der Waals surface area contributed by atoms with Gasteiger partial charge in [-0.1, -0.05) is 21.1 Å². The smallest absolute Gasteiger partial charge is 0.233 e. The number of halogens is 2. The molecule has 1 unspecified atom stereocenters. The third-order valence-electron chi connectivity index (χ3n) is 4.48. The molecule has 1 aromatic heterocycles. The number of aromatic nitrogens is 1. The van der Waals surface area contributed by atoms with Crippen molar-refractivity contribution >= 4 is 27.6 Å². The zero-order valence-electron chi connectivity index (χ0n) is 12.5. The van der Waals surface area contributed by atoms with Crippen molar-refractivity contribution in [2.24, 2.45) is 0 Å². The molecule has 0 amide bonds. The fourth-order valence-electron chi connectivity index (χ4n) is 3.46. The number of aryl methyl sites for hydroxylation is 1. The van der Waals surface area contributed by atoms with Crippen LogP contribution in [0.25, 0.3) is 0 Å². The number of hydrogen-bond acceptors (Lipinski definition) is 4. The third-order valence-corrected chi connectivity index (χ3v) is 4.97. The number of anilines is 1. The molecule has 1 aliphatic carbocycles. The van der Waals surface area contributed by atoms with E-state index in [0.29, 0.717) is 29.1 Å². The number of benzene rings is 1. The second-order valence-corrected chi connectivity index (χ2v) is 6.82. The molecule has 0 radical (unpaired) electrons. The zero-order valence-corrected chi connectivity index (χ0v) is 14.0. The maximum Gasteiger partial charge on any atom is 0.233 e. The molecule has 6 heteroatoms. The molecule has 1 aliphatic heterocycles. The number of hydrogen-bond donors (Lipinski definition) is 1. The van der Waals surface area contributed by atoms with Crippen LogP contribution in [0.3, 0.4) is 0 Å². The summed E-state index contributed by atoms with van der Waals surface area (Å²) in [6.07, 6.45) is 2.04. The Bertz CT molecular complexity index is 856. The van der Waals surface area contributed by atoms with Crippen LogP contribution in [0.4, 0.5) is 10.3 Å². The molecule has 0 bridgehead atoms. The summed E-state index contributed by atoms with van der Waals surface area (Å²) in [6, 6.07) is 4.80. The molecule has 1 aromatic carbocycles. The summed E-state index contributed by atoms with van der Waals surface area (Å²) < 4.78 is 20.7. The molecule has 2 aliphatic rings. The van der Waals surface area contributed by atoms with E-state index in [1.807, 2.05) is 6.92 Å². The van der Waals surface area contributed by atoms with Crippen LogP contribution in [-0.2, 0) is 4.79 Å². The van der Waals surface area contributed by atoms with Gasteiger partial charge in [-0.05, 0) is 38.0 Å². The van der Waals surface area contributed by atoms with Gasteiger partial charge in [0.25, 0.3) is 0 Å². The monoisotopic (exact) mass is 376 g/mol. The molecule has 118 valence electrons. The second-order valence-electron chi connectivity index (χ2n) is 5.90. The Balaban J connectivity index is 2.00. The average molecular weight is 377 g/mol. The first kappa shape index (κ1) is 14.6. The van der Waals surface area contributed by atoms with Crippen LogP contribution < -0.4 is 5.32 Å². The lowest BCUT2D eigenvalue weighted by atomic mass is 9.76. The molecule has 0 fully saturated rings. The minimum absolute atomic E-state index is 0.0642. The number of allylic oxidation sites excluding steroid dienone is 2. The summed E-state index contributed by atoms with van der Waals surface area (Å²) >= 11 is 3.39. The van der Waals surface area contributed by atoms with Crippen molar-refractivity contribution in [1.82, 2.24) is 5.16 Å². The van der Waals surface area contributed by atoms with Crippen molar-refractivity contribution in [3.05, 3.63) is 56.6 Å². The summed E-state index contributed by atoms with van der Waals surface area (Å²) in [4.78, 5) is 12.6. The second kappa shape index (κ2) is 5.30.